The number of pyridine rings is 1. The van der Waals surface area contributed by atoms with Gasteiger partial charge in [0.05, 0.1) is 18.1 Å². The van der Waals surface area contributed by atoms with Crippen LogP contribution < -0.4 is 10.6 Å². The Balaban J connectivity index is 1.29. The summed E-state index contributed by atoms with van der Waals surface area (Å²) in [5.41, 5.74) is 2.90. The number of benzene rings is 1. The number of hydrogen-bond donors (Lipinski definition) is 2. The highest BCUT2D eigenvalue weighted by atomic mass is 19.1. The summed E-state index contributed by atoms with van der Waals surface area (Å²) in [5.74, 6) is -2.03. The van der Waals surface area contributed by atoms with E-state index in [0.717, 1.165) is 6.20 Å². The molecule has 0 bridgehead atoms. The van der Waals surface area contributed by atoms with Crippen molar-refractivity contribution in [3.05, 3.63) is 59.2 Å². The molecule has 12 heteroatoms. The Hall–Kier alpha value is -4.48. The quantitative estimate of drug-likeness (QED) is 0.526. The first kappa shape index (κ1) is 22.3. The molecule has 11 nitrogen and oxygen atoms in total. The van der Waals surface area contributed by atoms with Crippen LogP contribution in [0.5, 0.6) is 0 Å². The fourth-order valence-electron chi connectivity index (χ4n) is 4.33. The zero-order valence-corrected chi connectivity index (χ0v) is 18.6. The van der Waals surface area contributed by atoms with Gasteiger partial charge in [-0.05, 0) is 37.1 Å². The molecule has 0 radical (unpaired) electrons. The molecule has 1 saturated heterocycles. The van der Waals surface area contributed by atoms with Crippen molar-refractivity contribution in [2.75, 3.05) is 5.32 Å². The van der Waals surface area contributed by atoms with Gasteiger partial charge in [-0.15, -0.1) is 5.10 Å². The number of rotatable bonds is 5. The number of nitrogens with zero attached hydrogens (tertiary/aromatic N) is 5. The highest BCUT2D eigenvalue weighted by Gasteiger charge is 2.39. The number of amides is 4. The number of nitrogens with one attached hydrogen (secondary N) is 2. The maximum atomic E-state index is 13.3. The van der Waals surface area contributed by atoms with Crippen LogP contribution in [-0.4, -0.2) is 54.5 Å². The predicted molar refractivity (Wildman–Crippen MR) is 119 cm³/mol. The Labute approximate surface area is 198 Å². The van der Waals surface area contributed by atoms with Crippen LogP contribution in [0.3, 0.4) is 0 Å². The van der Waals surface area contributed by atoms with Crippen LogP contribution in [0.15, 0.2) is 36.7 Å². The molecule has 0 saturated carbocycles. The Morgan fingerprint density at radius 2 is 2.11 bits per heavy atom. The van der Waals surface area contributed by atoms with Crippen molar-refractivity contribution in [1.29, 1.82) is 0 Å². The number of aryl methyl sites for hydroxylation is 1. The van der Waals surface area contributed by atoms with Gasteiger partial charge in [-0.3, -0.25) is 29.5 Å². The molecule has 0 aliphatic carbocycles. The molecular weight excluding hydrogens is 457 g/mol. The molecule has 3 aromatic rings. The second-order valence-electron chi connectivity index (χ2n) is 8.40. The van der Waals surface area contributed by atoms with Crippen LogP contribution in [0.2, 0.25) is 0 Å². The van der Waals surface area contributed by atoms with Crippen LogP contribution >= 0.6 is 0 Å². The lowest BCUT2D eigenvalue weighted by Crippen LogP contribution is -2.52. The number of fused-ring (bicyclic) bond motifs is 1. The third kappa shape index (κ3) is 4.25. The normalized spacial score (nSPS) is 17.4. The van der Waals surface area contributed by atoms with E-state index in [-0.39, 0.29) is 37.7 Å². The van der Waals surface area contributed by atoms with Crippen molar-refractivity contribution < 1.29 is 23.6 Å². The lowest BCUT2D eigenvalue weighted by molar-refractivity contribution is -0.137. The number of piperidine rings is 1. The molecule has 2 aliphatic rings. The SMILES string of the molecule is Cc1cc(F)cnc1-c1cn(CC(=O)Nc2cccc3c2CN(C2CCC(=O)NC2=O)C3=O)nn1. The summed E-state index contributed by atoms with van der Waals surface area (Å²) in [6.45, 7) is 1.69. The van der Waals surface area contributed by atoms with Gasteiger partial charge in [-0.1, -0.05) is 11.3 Å². The monoisotopic (exact) mass is 477 g/mol. The fourth-order valence-corrected chi connectivity index (χ4v) is 4.33. The highest BCUT2D eigenvalue weighted by Crippen LogP contribution is 2.32. The standard InChI is InChI=1S/C23H20FN7O4/c1-12-7-13(24)8-25-21(12)17-10-30(29-28-17)11-20(33)26-16-4-2-3-14-15(16)9-31(23(14)35)18-5-6-19(32)27-22(18)34/h2-4,7-8,10,18H,5-6,9,11H2,1H3,(H,26,33)(H,27,32,34). The summed E-state index contributed by atoms with van der Waals surface area (Å²) in [6, 6.07) is 5.56. The number of hydrogen-bond acceptors (Lipinski definition) is 7. The minimum absolute atomic E-state index is 0.139. The Morgan fingerprint density at radius 1 is 1.29 bits per heavy atom. The van der Waals surface area contributed by atoms with E-state index in [1.165, 1.54) is 21.8 Å². The van der Waals surface area contributed by atoms with Gasteiger partial charge in [0.2, 0.25) is 17.7 Å². The third-order valence-corrected chi connectivity index (χ3v) is 5.99. The Morgan fingerprint density at radius 3 is 2.89 bits per heavy atom. The van der Waals surface area contributed by atoms with E-state index < -0.39 is 23.7 Å². The van der Waals surface area contributed by atoms with Crippen LogP contribution in [0, 0.1) is 12.7 Å². The van der Waals surface area contributed by atoms with Gasteiger partial charge < -0.3 is 10.2 Å². The van der Waals surface area contributed by atoms with Crippen molar-refractivity contribution in [3.8, 4) is 11.4 Å². The zero-order chi connectivity index (χ0) is 24.7. The van der Waals surface area contributed by atoms with Gasteiger partial charge in [-0.2, -0.15) is 0 Å². The number of imide groups is 1. The summed E-state index contributed by atoms with van der Waals surface area (Å²) in [4.78, 5) is 54.8. The van der Waals surface area contributed by atoms with E-state index in [9.17, 15) is 23.6 Å². The summed E-state index contributed by atoms with van der Waals surface area (Å²) < 4.78 is 14.6. The molecule has 2 aromatic heterocycles. The average Bonchev–Trinajstić information content (AvgIpc) is 3.39. The second-order valence-corrected chi connectivity index (χ2v) is 8.40. The van der Waals surface area contributed by atoms with Crippen LogP contribution in [0.4, 0.5) is 10.1 Å². The number of aromatic nitrogens is 4. The van der Waals surface area contributed by atoms with Crippen molar-refractivity contribution in [2.24, 2.45) is 0 Å². The smallest absolute Gasteiger partial charge is 0.255 e. The number of carbonyl (C=O) groups is 4. The van der Waals surface area contributed by atoms with E-state index in [2.05, 4.69) is 25.9 Å². The molecule has 4 heterocycles. The third-order valence-electron chi connectivity index (χ3n) is 5.99. The minimum atomic E-state index is -0.742. The lowest BCUT2D eigenvalue weighted by Gasteiger charge is -2.29. The van der Waals surface area contributed by atoms with Gasteiger partial charge in [-0.25, -0.2) is 9.07 Å². The largest absolute Gasteiger partial charge is 0.324 e. The molecule has 1 aromatic carbocycles. The van der Waals surface area contributed by atoms with E-state index in [1.807, 2.05) is 0 Å². The summed E-state index contributed by atoms with van der Waals surface area (Å²) in [7, 11) is 0. The molecule has 178 valence electrons. The Bertz CT molecular complexity index is 1390. The van der Waals surface area contributed by atoms with Gasteiger partial charge >= 0.3 is 0 Å². The van der Waals surface area contributed by atoms with E-state index in [4.69, 9.17) is 0 Å². The number of halogens is 1. The van der Waals surface area contributed by atoms with Gasteiger partial charge in [0.15, 0.2) is 0 Å². The fraction of sp³-hybridized carbons (Fsp3) is 0.261. The molecule has 1 fully saturated rings. The van der Waals surface area contributed by atoms with Crippen molar-refractivity contribution in [1.82, 2.24) is 30.2 Å². The molecule has 35 heavy (non-hydrogen) atoms. The number of carbonyl (C=O) groups excluding carboxylic acids is 4. The first-order valence-corrected chi connectivity index (χ1v) is 10.9. The maximum absolute atomic E-state index is 13.3. The lowest BCUT2D eigenvalue weighted by atomic mass is 10.0. The van der Waals surface area contributed by atoms with Crippen molar-refractivity contribution in [3.63, 3.8) is 0 Å². The Kier molecular flexibility index (Phi) is 5.55. The number of anilines is 1. The summed E-state index contributed by atoms with van der Waals surface area (Å²) in [5, 5.41) is 13.0. The molecule has 0 spiro atoms. The zero-order valence-electron chi connectivity index (χ0n) is 18.6. The molecule has 2 N–H and O–H groups in total. The van der Waals surface area contributed by atoms with E-state index >= 15 is 0 Å². The van der Waals surface area contributed by atoms with Crippen molar-refractivity contribution in [2.45, 2.75) is 38.9 Å². The summed E-state index contributed by atoms with van der Waals surface area (Å²) >= 11 is 0. The minimum Gasteiger partial charge on any atom is -0.324 e. The molecule has 4 amide bonds. The molecule has 5 rings (SSSR count). The first-order valence-electron chi connectivity index (χ1n) is 10.9. The highest BCUT2D eigenvalue weighted by molar-refractivity contribution is 6.06. The molecule has 2 aliphatic heterocycles. The van der Waals surface area contributed by atoms with Crippen LogP contribution in [0.25, 0.3) is 11.4 Å². The molecular formula is C23H20FN7O4. The summed E-state index contributed by atoms with van der Waals surface area (Å²) in [6.07, 6.45) is 3.04. The van der Waals surface area contributed by atoms with E-state index in [0.29, 0.717) is 33.8 Å². The van der Waals surface area contributed by atoms with E-state index in [1.54, 1.807) is 25.1 Å². The van der Waals surface area contributed by atoms with Gasteiger partial charge in [0.25, 0.3) is 5.91 Å². The van der Waals surface area contributed by atoms with Gasteiger partial charge in [0.1, 0.15) is 24.1 Å². The second kappa shape index (κ2) is 8.70. The van der Waals surface area contributed by atoms with Crippen LogP contribution in [-0.2, 0) is 27.5 Å². The predicted octanol–water partition coefficient (Wildman–Crippen LogP) is 1.19. The average molecular weight is 477 g/mol. The molecule has 1 unspecified atom stereocenters. The van der Waals surface area contributed by atoms with Crippen molar-refractivity contribution >= 4 is 29.3 Å². The maximum Gasteiger partial charge on any atom is 0.255 e. The molecule has 1 atom stereocenters. The first-order chi connectivity index (χ1) is 16.8. The van der Waals surface area contributed by atoms with Gasteiger partial charge in [0, 0.05) is 29.8 Å². The van der Waals surface area contributed by atoms with Crippen LogP contribution in [0.1, 0.15) is 34.3 Å². The topological polar surface area (TPSA) is 139 Å².